The second-order valence-electron chi connectivity index (χ2n) is 6.99. The lowest BCUT2D eigenvalue weighted by atomic mass is 10.1. The van der Waals surface area contributed by atoms with E-state index in [-0.39, 0.29) is 24.0 Å². The van der Waals surface area contributed by atoms with Gasteiger partial charge < -0.3 is 20.9 Å². The SMILES string of the molecule is CCN1CCN(CC(C)CN=C(N)Nc2ccc(C)c(C)c2)CC1.I. The van der Waals surface area contributed by atoms with Crippen LogP contribution in [0.4, 0.5) is 5.69 Å². The molecule has 0 aliphatic carbocycles. The first-order chi connectivity index (χ1) is 11.5. The van der Waals surface area contributed by atoms with Crippen LogP contribution in [-0.2, 0) is 0 Å². The Balaban J connectivity index is 0.00000312. The maximum Gasteiger partial charge on any atom is 0.193 e. The minimum atomic E-state index is 0. The van der Waals surface area contributed by atoms with Gasteiger partial charge in [0, 0.05) is 45.0 Å². The summed E-state index contributed by atoms with van der Waals surface area (Å²) < 4.78 is 0. The van der Waals surface area contributed by atoms with E-state index >= 15 is 0 Å². The number of hydrogen-bond acceptors (Lipinski definition) is 3. The van der Waals surface area contributed by atoms with Gasteiger partial charge in [0.1, 0.15) is 0 Å². The first kappa shape index (κ1) is 22.2. The molecule has 0 radical (unpaired) electrons. The summed E-state index contributed by atoms with van der Waals surface area (Å²) in [5.41, 5.74) is 9.57. The van der Waals surface area contributed by atoms with Crippen LogP contribution in [0.15, 0.2) is 23.2 Å². The number of aryl methyl sites for hydroxylation is 2. The number of halogens is 1. The van der Waals surface area contributed by atoms with Crippen molar-refractivity contribution in [1.29, 1.82) is 0 Å². The molecule has 1 aliphatic heterocycles. The van der Waals surface area contributed by atoms with Gasteiger partial charge in [-0.25, -0.2) is 0 Å². The molecule has 1 aliphatic rings. The van der Waals surface area contributed by atoms with Crippen molar-refractivity contribution in [2.45, 2.75) is 27.7 Å². The van der Waals surface area contributed by atoms with E-state index in [0.717, 1.165) is 38.4 Å². The highest BCUT2D eigenvalue weighted by Crippen LogP contribution is 2.14. The second kappa shape index (κ2) is 11.0. The highest BCUT2D eigenvalue weighted by atomic mass is 127. The van der Waals surface area contributed by atoms with Crippen LogP contribution in [0.5, 0.6) is 0 Å². The van der Waals surface area contributed by atoms with E-state index in [9.17, 15) is 0 Å². The van der Waals surface area contributed by atoms with Gasteiger partial charge in [-0.15, -0.1) is 24.0 Å². The lowest BCUT2D eigenvalue weighted by molar-refractivity contribution is 0.125. The normalized spacial score (nSPS) is 17.8. The van der Waals surface area contributed by atoms with Crippen LogP contribution < -0.4 is 11.1 Å². The Morgan fingerprint density at radius 2 is 1.80 bits per heavy atom. The summed E-state index contributed by atoms with van der Waals surface area (Å²) in [6.07, 6.45) is 0. The van der Waals surface area contributed by atoms with Crippen LogP contribution in [0.3, 0.4) is 0 Å². The van der Waals surface area contributed by atoms with Gasteiger partial charge in [0.15, 0.2) is 5.96 Å². The number of rotatable bonds is 6. The molecule has 3 N–H and O–H groups in total. The van der Waals surface area contributed by atoms with Crippen molar-refractivity contribution < 1.29 is 0 Å². The Kier molecular flexibility index (Phi) is 9.74. The molecular formula is C19H34IN5. The Bertz CT molecular complexity index is 553. The number of nitrogens with zero attached hydrogens (tertiary/aromatic N) is 3. The molecule has 0 spiro atoms. The smallest absolute Gasteiger partial charge is 0.193 e. The van der Waals surface area contributed by atoms with Gasteiger partial charge in [-0.3, -0.25) is 4.99 Å². The molecule has 5 nitrogen and oxygen atoms in total. The summed E-state index contributed by atoms with van der Waals surface area (Å²) >= 11 is 0. The number of likely N-dealkylation sites (N-methyl/N-ethyl adjacent to an activating group) is 1. The van der Waals surface area contributed by atoms with Crippen LogP contribution >= 0.6 is 24.0 Å². The lowest BCUT2D eigenvalue weighted by Crippen LogP contribution is -2.47. The van der Waals surface area contributed by atoms with Crippen molar-refractivity contribution in [2.24, 2.45) is 16.6 Å². The number of anilines is 1. The van der Waals surface area contributed by atoms with Crippen molar-refractivity contribution in [3.05, 3.63) is 29.3 Å². The van der Waals surface area contributed by atoms with E-state index in [1.54, 1.807) is 0 Å². The van der Waals surface area contributed by atoms with E-state index < -0.39 is 0 Å². The zero-order valence-corrected chi connectivity index (χ0v) is 18.4. The Morgan fingerprint density at radius 1 is 1.16 bits per heavy atom. The van der Waals surface area contributed by atoms with Crippen LogP contribution in [0.2, 0.25) is 0 Å². The molecule has 1 aromatic rings. The molecular weight excluding hydrogens is 425 g/mol. The van der Waals surface area contributed by atoms with Crippen molar-refractivity contribution in [2.75, 3.05) is 51.1 Å². The first-order valence-corrected chi connectivity index (χ1v) is 9.06. The summed E-state index contributed by atoms with van der Waals surface area (Å²) in [4.78, 5) is 9.56. The monoisotopic (exact) mass is 459 g/mol. The molecule has 142 valence electrons. The van der Waals surface area contributed by atoms with Crippen molar-refractivity contribution in [3.63, 3.8) is 0 Å². The fourth-order valence-corrected chi connectivity index (χ4v) is 3.05. The van der Waals surface area contributed by atoms with Gasteiger partial charge in [0.05, 0.1) is 0 Å². The molecule has 1 atom stereocenters. The van der Waals surface area contributed by atoms with Crippen LogP contribution in [0.25, 0.3) is 0 Å². The topological polar surface area (TPSA) is 56.9 Å². The summed E-state index contributed by atoms with van der Waals surface area (Å²) in [6, 6.07) is 6.25. The highest BCUT2D eigenvalue weighted by molar-refractivity contribution is 14.0. The lowest BCUT2D eigenvalue weighted by Gasteiger charge is -2.35. The molecule has 0 saturated carbocycles. The Hall–Kier alpha value is -0.860. The molecule has 1 heterocycles. The predicted molar refractivity (Wildman–Crippen MR) is 119 cm³/mol. The summed E-state index contributed by atoms with van der Waals surface area (Å²) in [7, 11) is 0. The van der Waals surface area contributed by atoms with Crippen LogP contribution in [-0.4, -0.2) is 61.6 Å². The molecule has 1 saturated heterocycles. The fraction of sp³-hybridized carbons (Fsp3) is 0.632. The number of benzene rings is 1. The van der Waals surface area contributed by atoms with Crippen molar-refractivity contribution in [3.8, 4) is 0 Å². The van der Waals surface area contributed by atoms with Gasteiger partial charge in [0.2, 0.25) is 0 Å². The maximum atomic E-state index is 6.03. The Labute approximate surface area is 170 Å². The molecule has 0 aromatic heterocycles. The minimum absolute atomic E-state index is 0. The van der Waals surface area contributed by atoms with Gasteiger partial charge in [-0.1, -0.05) is 19.9 Å². The zero-order valence-electron chi connectivity index (χ0n) is 16.1. The average molecular weight is 459 g/mol. The number of hydrogen-bond donors (Lipinski definition) is 2. The third-order valence-corrected chi connectivity index (χ3v) is 4.83. The van der Waals surface area contributed by atoms with Crippen molar-refractivity contribution in [1.82, 2.24) is 9.80 Å². The standard InChI is InChI=1S/C19H33N5.HI/c1-5-23-8-10-24(11-9-23)14-15(2)13-21-19(20)22-18-7-6-16(3)17(4)12-18;/h6-7,12,15H,5,8-11,13-14H2,1-4H3,(H3,20,21,22);1H. The molecule has 2 rings (SSSR count). The van der Waals surface area contributed by atoms with E-state index in [0.29, 0.717) is 11.9 Å². The fourth-order valence-electron chi connectivity index (χ4n) is 3.05. The zero-order chi connectivity index (χ0) is 17.5. The summed E-state index contributed by atoms with van der Waals surface area (Å²) in [6.45, 7) is 16.4. The van der Waals surface area contributed by atoms with Crippen molar-refractivity contribution >= 4 is 35.6 Å². The predicted octanol–water partition coefficient (Wildman–Crippen LogP) is 2.92. The van der Waals surface area contributed by atoms with Gasteiger partial charge in [-0.2, -0.15) is 0 Å². The molecule has 1 unspecified atom stereocenters. The highest BCUT2D eigenvalue weighted by Gasteiger charge is 2.17. The van der Waals surface area contributed by atoms with E-state index in [4.69, 9.17) is 5.73 Å². The molecule has 1 aromatic carbocycles. The third-order valence-electron chi connectivity index (χ3n) is 4.83. The quantitative estimate of drug-likeness (QED) is 0.390. The first-order valence-electron chi connectivity index (χ1n) is 9.06. The van der Waals surface area contributed by atoms with Gasteiger partial charge >= 0.3 is 0 Å². The Morgan fingerprint density at radius 3 is 2.40 bits per heavy atom. The van der Waals surface area contributed by atoms with Crippen LogP contribution in [0, 0.1) is 19.8 Å². The van der Waals surface area contributed by atoms with E-state index in [1.165, 1.54) is 24.2 Å². The van der Waals surface area contributed by atoms with E-state index in [1.807, 2.05) is 6.07 Å². The average Bonchev–Trinajstić information content (AvgIpc) is 2.57. The number of guanidine groups is 1. The molecule has 0 bridgehead atoms. The summed E-state index contributed by atoms with van der Waals surface area (Å²) in [5.74, 6) is 1.01. The molecule has 25 heavy (non-hydrogen) atoms. The van der Waals surface area contributed by atoms with Gasteiger partial charge in [-0.05, 0) is 49.6 Å². The molecule has 1 fully saturated rings. The largest absolute Gasteiger partial charge is 0.370 e. The third kappa shape index (κ3) is 7.50. The van der Waals surface area contributed by atoms with Crippen LogP contribution in [0.1, 0.15) is 25.0 Å². The van der Waals surface area contributed by atoms with E-state index in [2.05, 4.69) is 59.9 Å². The molecule has 6 heteroatoms. The number of piperazine rings is 1. The molecule has 0 amide bonds. The second-order valence-corrected chi connectivity index (χ2v) is 6.99. The maximum absolute atomic E-state index is 6.03. The van der Waals surface area contributed by atoms with Gasteiger partial charge in [0.25, 0.3) is 0 Å². The summed E-state index contributed by atoms with van der Waals surface area (Å²) in [5, 5.41) is 3.19. The number of nitrogens with one attached hydrogen (secondary N) is 1. The number of aliphatic imine (C=N–C) groups is 1. The number of nitrogens with two attached hydrogens (primary N) is 1. The minimum Gasteiger partial charge on any atom is -0.370 e.